The average Bonchev–Trinajstić information content (AvgIpc) is 3.22. The number of nitrogens with one attached hydrogen (secondary N) is 1. The number of aliphatic carboxylic acids is 2. The van der Waals surface area contributed by atoms with E-state index in [2.05, 4.69) is 29.7 Å². The summed E-state index contributed by atoms with van der Waals surface area (Å²) in [5.74, 6) is -1.54. The Morgan fingerprint density at radius 3 is 2.12 bits per heavy atom. The third kappa shape index (κ3) is 15.8. The van der Waals surface area contributed by atoms with Crippen LogP contribution in [0.1, 0.15) is 11.4 Å². The summed E-state index contributed by atoms with van der Waals surface area (Å²) in [6.07, 6.45) is 3.55. The van der Waals surface area contributed by atoms with Gasteiger partial charge in [-0.1, -0.05) is 12.1 Å². The number of carbonyl (C=O) groups is 2. The maximum absolute atomic E-state index is 11.1. The molecule has 0 saturated heterocycles. The van der Waals surface area contributed by atoms with Crippen molar-refractivity contribution in [3.8, 4) is 0 Å². The minimum Gasteiger partial charge on any atom is 0 e. The molecule has 0 saturated carbocycles. The molecule has 0 spiro atoms. The fourth-order valence-corrected chi connectivity index (χ4v) is 2.84. The first-order valence-corrected chi connectivity index (χ1v) is 9.63. The first-order chi connectivity index (χ1) is 15.8. The molecule has 0 aliphatic carbocycles. The Kier molecular flexibility index (Phi) is 23.0. The van der Waals surface area contributed by atoms with E-state index in [-0.39, 0.29) is 40.1 Å². The van der Waals surface area contributed by atoms with Gasteiger partial charge in [-0.15, -0.1) is 0 Å². The van der Waals surface area contributed by atoms with E-state index in [1.54, 1.807) is 29.2 Å². The zero-order valence-electron chi connectivity index (χ0n) is 17.4. The van der Waals surface area contributed by atoms with Crippen LogP contribution in [0, 0.1) is 20.0 Å². The average molecular weight is 666 g/mol. The van der Waals surface area contributed by atoms with Crippen LogP contribution < -0.4 is 4.72 Å². The van der Waals surface area contributed by atoms with Crippen LogP contribution in [0.3, 0.4) is 0 Å². The van der Waals surface area contributed by atoms with E-state index in [1.807, 2.05) is 0 Å². The largest absolute Gasteiger partial charge is 0 e. The molecule has 1 radical (unpaired) electrons. The standard InChI is InChI=1S/C16H20N4O6S.3CO.Re/c21-15(22)10-19(9-14-17-6-8-20(14)11-16(23)24)7-5-12-1-3-13(4-2-12)18-27(25)26;3*1-2;/h1-4,6,8,18H,5,7,9-11H2,(H,21,22)(H,23,24)(H,25,26);;;;/p-1. The van der Waals surface area contributed by atoms with Gasteiger partial charge in [0.15, 0.2) is 0 Å². The van der Waals surface area contributed by atoms with Crippen molar-refractivity contribution in [3.63, 3.8) is 0 Å². The van der Waals surface area contributed by atoms with Gasteiger partial charge in [0.25, 0.3) is 0 Å². The van der Waals surface area contributed by atoms with E-state index in [0.29, 0.717) is 24.5 Å². The zero-order chi connectivity index (χ0) is 25.8. The summed E-state index contributed by atoms with van der Waals surface area (Å²) in [7, 11) is 0. The van der Waals surface area contributed by atoms with E-state index in [4.69, 9.17) is 24.2 Å². The molecule has 0 bridgehead atoms. The Labute approximate surface area is 211 Å². The predicted octanol–water partition coefficient (Wildman–Crippen LogP) is 0.188. The van der Waals surface area contributed by atoms with Gasteiger partial charge in [0.05, 0.1) is 13.1 Å². The number of carboxylic acids is 2. The fourth-order valence-electron chi connectivity index (χ4n) is 2.51. The molecule has 15 heteroatoms. The van der Waals surface area contributed by atoms with Gasteiger partial charge in [-0.3, -0.25) is 18.7 Å². The summed E-state index contributed by atoms with van der Waals surface area (Å²) in [6.45, 7) is 13.6. The second-order valence-corrected chi connectivity index (χ2v) is 6.43. The van der Waals surface area contributed by atoms with Gasteiger partial charge < -0.3 is 24.1 Å². The van der Waals surface area contributed by atoms with Crippen LogP contribution in [0.15, 0.2) is 36.7 Å². The van der Waals surface area contributed by atoms with E-state index in [9.17, 15) is 18.4 Å². The molecule has 3 N–H and O–H groups in total. The third-order valence-electron chi connectivity index (χ3n) is 3.70. The Hall–Kier alpha value is -2.88. The van der Waals surface area contributed by atoms with Crippen molar-refractivity contribution in [3.05, 3.63) is 68.0 Å². The second-order valence-electron chi connectivity index (χ2n) is 5.75. The topological polar surface area (TPSA) is 208 Å². The number of hydrogen-bond donors (Lipinski definition) is 3. The van der Waals surface area contributed by atoms with E-state index in [1.165, 1.54) is 17.0 Å². The molecule has 1 heterocycles. The maximum Gasteiger partial charge on any atom is 0 e. The van der Waals surface area contributed by atoms with Gasteiger partial charge in [0.2, 0.25) is 0 Å². The van der Waals surface area contributed by atoms with Gasteiger partial charge in [-0.05, 0) is 24.1 Å². The summed E-state index contributed by atoms with van der Waals surface area (Å²) >= 11 is -2.39. The van der Waals surface area contributed by atoms with E-state index in [0.717, 1.165) is 5.56 Å². The van der Waals surface area contributed by atoms with Crippen molar-refractivity contribution in [1.82, 2.24) is 14.5 Å². The molecular weight excluding hydrogens is 647 g/mol. The summed E-state index contributed by atoms with van der Waals surface area (Å²) in [4.78, 5) is 27.8. The van der Waals surface area contributed by atoms with Crippen LogP contribution >= 0.6 is 0 Å². The Morgan fingerprint density at radius 2 is 1.65 bits per heavy atom. The van der Waals surface area contributed by atoms with Gasteiger partial charge in [0, 0.05) is 56.3 Å². The number of carboxylic acid groups (broad SMARTS) is 2. The van der Waals surface area contributed by atoms with Crippen molar-refractivity contribution in [2.45, 2.75) is 19.5 Å². The number of nitrogens with zero attached hydrogens (tertiary/aromatic N) is 3. The van der Waals surface area contributed by atoms with Crippen molar-refractivity contribution in [2.24, 2.45) is 0 Å². The number of imidazole rings is 1. The molecule has 34 heavy (non-hydrogen) atoms. The van der Waals surface area contributed by atoms with Crippen molar-refractivity contribution < 1.29 is 62.9 Å². The number of rotatable bonds is 11. The fraction of sp³-hybridized carbons (Fsp3) is 0.263. The maximum atomic E-state index is 11.1. The molecule has 1 unspecified atom stereocenters. The summed E-state index contributed by atoms with van der Waals surface area (Å²) in [5, 5.41) is 18.0. The Bertz CT molecular complexity index is 931. The van der Waals surface area contributed by atoms with Crippen molar-refractivity contribution in [1.29, 1.82) is 0 Å². The van der Waals surface area contributed by atoms with Crippen LogP contribution in [0.25, 0.3) is 0 Å². The number of aromatic nitrogens is 2. The van der Waals surface area contributed by atoms with Crippen LogP contribution in [0.4, 0.5) is 5.69 Å². The molecule has 1 aromatic heterocycles. The predicted molar refractivity (Wildman–Crippen MR) is 107 cm³/mol. The number of benzene rings is 1. The van der Waals surface area contributed by atoms with Gasteiger partial charge in [0.1, 0.15) is 12.4 Å². The molecule has 0 aliphatic rings. The molecule has 2 aromatic rings. The normalized spacial score (nSPS) is 9.76. The van der Waals surface area contributed by atoms with E-state index >= 15 is 0 Å². The minimum absolute atomic E-state index is 0. The molecular formula is C19H19N4O9ReS-. The first kappa shape index (κ1) is 35.7. The van der Waals surface area contributed by atoms with Crippen molar-refractivity contribution in [2.75, 3.05) is 17.8 Å². The SMILES string of the molecule is O=C(O)CN(CCc1ccc(NS(=O)[O-])cc1)Cc1nccn1CC(=O)O.[C-]#[O+].[C-]#[O+].[C-]#[O+].[Re]. The van der Waals surface area contributed by atoms with Crippen LogP contribution in [0.2, 0.25) is 0 Å². The summed E-state index contributed by atoms with van der Waals surface area (Å²) < 4.78 is 47.4. The molecule has 0 aliphatic heterocycles. The van der Waals surface area contributed by atoms with Gasteiger partial charge in [-0.25, -0.2) is 4.98 Å². The molecule has 1 aromatic carbocycles. The van der Waals surface area contributed by atoms with Crippen molar-refractivity contribution >= 4 is 28.9 Å². The summed E-state index contributed by atoms with van der Waals surface area (Å²) in [6, 6.07) is 6.73. The van der Waals surface area contributed by atoms with Gasteiger partial charge >= 0.3 is 45.8 Å². The molecule has 183 valence electrons. The molecule has 2 rings (SSSR count). The van der Waals surface area contributed by atoms with Gasteiger partial charge in [-0.2, -0.15) is 0 Å². The quantitative estimate of drug-likeness (QED) is 0.171. The van der Waals surface area contributed by atoms with Crippen LogP contribution in [-0.4, -0.2) is 58.5 Å². The molecule has 1 atom stereocenters. The Balaban J connectivity index is -0.00000127. The number of hydrogen-bond acceptors (Lipinski definition) is 6. The molecule has 13 nitrogen and oxygen atoms in total. The van der Waals surface area contributed by atoms with Crippen LogP contribution in [-0.2, 0) is 74.7 Å². The summed E-state index contributed by atoms with van der Waals surface area (Å²) in [5.41, 5.74) is 1.34. The number of anilines is 1. The third-order valence-corrected chi connectivity index (χ3v) is 4.11. The zero-order valence-corrected chi connectivity index (χ0v) is 20.9. The van der Waals surface area contributed by atoms with E-state index < -0.39 is 23.2 Å². The molecule has 0 fully saturated rings. The monoisotopic (exact) mass is 666 g/mol. The molecule has 0 amide bonds. The smallest absolute Gasteiger partial charge is 0 e. The Morgan fingerprint density at radius 1 is 1.09 bits per heavy atom. The second kappa shape index (κ2) is 21.9. The first-order valence-electron chi connectivity index (χ1n) is 8.55. The minimum atomic E-state index is -2.39. The van der Waals surface area contributed by atoms with Crippen LogP contribution in [0.5, 0.6) is 0 Å².